The largest absolute Gasteiger partial charge is 0.323 e. The Labute approximate surface area is 112 Å². The fraction of sp³-hybridized carbons (Fsp3) is 0.933. The van der Waals surface area contributed by atoms with E-state index in [1.807, 2.05) is 0 Å². The lowest BCUT2D eigenvalue weighted by atomic mass is 10.1. The molecule has 2 atom stereocenters. The van der Waals surface area contributed by atoms with Gasteiger partial charge in [-0.05, 0) is 25.7 Å². The van der Waals surface area contributed by atoms with Crippen LogP contribution in [0.15, 0.2) is 0 Å². The van der Waals surface area contributed by atoms with E-state index in [4.69, 9.17) is 0 Å². The van der Waals surface area contributed by atoms with Gasteiger partial charge in [0.25, 0.3) is 0 Å². The third-order valence-electron chi connectivity index (χ3n) is 4.03. The lowest BCUT2D eigenvalue weighted by Gasteiger charge is -2.31. The van der Waals surface area contributed by atoms with Gasteiger partial charge in [0.1, 0.15) is 0 Å². The fourth-order valence-corrected chi connectivity index (χ4v) is 2.94. The molecule has 3 nitrogen and oxygen atoms in total. The van der Waals surface area contributed by atoms with Crippen LogP contribution in [0.2, 0.25) is 0 Å². The smallest absolute Gasteiger partial charge is 0.241 e. The van der Waals surface area contributed by atoms with E-state index in [0.717, 1.165) is 44.9 Å². The summed E-state index contributed by atoms with van der Waals surface area (Å²) in [7, 11) is 0. The molecule has 18 heavy (non-hydrogen) atoms. The van der Waals surface area contributed by atoms with Gasteiger partial charge in [-0.1, -0.05) is 47.0 Å². The van der Waals surface area contributed by atoms with Crippen LogP contribution in [0, 0.1) is 0 Å². The minimum Gasteiger partial charge on any atom is -0.323 e. The van der Waals surface area contributed by atoms with E-state index in [1.54, 1.807) is 0 Å². The maximum Gasteiger partial charge on any atom is 0.241 e. The van der Waals surface area contributed by atoms with Crippen LogP contribution in [0.3, 0.4) is 0 Å². The van der Waals surface area contributed by atoms with Gasteiger partial charge in [-0.3, -0.25) is 10.1 Å². The van der Waals surface area contributed by atoms with E-state index >= 15 is 0 Å². The summed E-state index contributed by atoms with van der Waals surface area (Å²) in [4.78, 5) is 14.7. The zero-order valence-corrected chi connectivity index (χ0v) is 12.5. The summed E-state index contributed by atoms with van der Waals surface area (Å²) in [6.07, 6.45) is 7.89. The standard InChI is InChI=1S/C15H30N2O/c1-5-9-11-13-15(18)17(12(7-3)8-4)14(16-13)10-6-2/h12-14,16H,5-11H2,1-4H3. The number of nitrogens with zero attached hydrogens (tertiary/aromatic N) is 1. The normalized spacial score (nSPS) is 24.3. The van der Waals surface area contributed by atoms with Crippen molar-refractivity contribution in [1.29, 1.82) is 0 Å². The number of carbonyl (C=O) groups excluding carboxylic acids is 1. The second-order valence-electron chi connectivity index (χ2n) is 5.38. The minimum atomic E-state index is 0.0714. The summed E-state index contributed by atoms with van der Waals surface area (Å²) in [6, 6.07) is 0.482. The molecule has 1 fully saturated rings. The first-order valence-corrected chi connectivity index (χ1v) is 7.77. The highest BCUT2D eigenvalue weighted by Gasteiger charge is 2.40. The van der Waals surface area contributed by atoms with E-state index in [9.17, 15) is 4.79 Å². The minimum absolute atomic E-state index is 0.0714. The Balaban J connectivity index is 2.73. The van der Waals surface area contributed by atoms with Gasteiger partial charge in [0.15, 0.2) is 0 Å². The van der Waals surface area contributed by atoms with Crippen LogP contribution >= 0.6 is 0 Å². The Morgan fingerprint density at radius 1 is 1.11 bits per heavy atom. The molecule has 0 bridgehead atoms. The summed E-state index contributed by atoms with van der Waals surface area (Å²) >= 11 is 0. The molecule has 0 radical (unpaired) electrons. The predicted molar refractivity (Wildman–Crippen MR) is 76.4 cm³/mol. The van der Waals surface area contributed by atoms with Gasteiger partial charge >= 0.3 is 0 Å². The number of amides is 1. The van der Waals surface area contributed by atoms with Crippen molar-refractivity contribution in [3.05, 3.63) is 0 Å². The highest BCUT2D eigenvalue weighted by atomic mass is 16.2. The van der Waals surface area contributed by atoms with Crippen LogP contribution in [-0.4, -0.2) is 29.1 Å². The number of nitrogens with one attached hydrogen (secondary N) is 1. The summed E-state index contributed by atoms with van der Waals surface area (Å²) in [5.41, 5.74) is 0. The summed E-state index contributed by atoms with van der Waals surface area (Å²) in [5.74, 6) is 0.343. The second-order valence-corrected chi connectivity index (χ2v) is 5.38. The zero-order chi connectivity index (χ0) is 13.5. The molecule has 1 heterocycles. The molecule has 0 saturated carbocycles. The van der Waals surface area contributed by atoms with Crippen molar-refractivity contribution in [1.82, 2.24) is 10.2 Å². The van der Waals surface area contributed by atoms with Crippen molar-refractivity contribution in [3.8, 4) is 0 Å². The van der Waals surface area contributed by atoms with Gasteiger partial charge in [0.2, 0.25) is 5.91 Å². The maximum absolute atomic E-state index is 12.5. The van der Waals surface area contributed by atoms with E-state index in [2.05, 4.69) is 37.9 Å². The van der Waals surface area contributed by atoms with Gasteiger partial charge in [-0.15, -0.1) is 0 Å². The SMILES string of the molecule is CCCCC1NC(CCC)N(C(CC)CC)C1=O. The topological polar surface area (TPSA) is 32.3 Å². The van der Waals surface area contributed by atoms with E-state index in [-0.39, 0.29) is 12.2 Å². The first-order chi connectivity index (χ1) is 8.69. The molecular weight excluding hydrogens is 224 g/mol. The molecule has 1 N–H and O–H groups in total. The highest BCUT2D eigenvalue weighted by Crippen LogP contribution is 2.23. The molecule has 1 rings (SSSR count). The molecule has 1 aliphatic heterocycles. The lowest BCUT2D eigenvalue weighted by Crippen LogP contribution is -2.44. The van der Waals surface area contributed by atoms with Gasteiger partial charge < -0.3 is 4.90 Å². The van der Waals surface area contributed by atoms with Crippen molar-refractivity contribution in [2.24, 2.45) is 0 Å². The first-order valence-electron chi connectivity index (χ1n) is 7.77. The number of unbranched alkanes of at least 4 members (excludes halogenated alkanes) is 1. The Hall–Kier alpha value is -0.570. The monoisotopic (exact) mass is 254 g/mol. The van der Waals surface area contributed by atoms with Gasteiger partial charge in [-0.2, -0.15) is 0 Å². The van der Waals surface area contributed by atoms with Crippen LogP contribution in [-0.2, 0) is 4.79 Å². The number of carbonyl (C=O) groups is 1. The lowest BCUT2D eigenvalue weighted by molar-refractivity contribution is -0.132. The molecule has 0 aromatic heterocycles. The highest BCUT2D eigenvalue weighted by molar-refractivity contribution is 5.84. The molecule has 1 amide bonds. The third kappa shape index (κ3) is 3.47. The first kappa shape index (κ1) is 15.5. The fourth-order valence-electron chi connectivity index (χ4n) is 2.94. The van der Waals surface area contributed by atoms with Crippen molar-refractivity contribution >= 4 is 5.91 Å². The van der Waals surface area contributed by atoms with Crippen molar-refractivity contribution in [3.63, 3.8) is 0 Å². The Kier molecular flexibility index (Phi) is 6.69. The van der Waals surface area contributed by atoms with Crippen LogP contribution in [0.4, 0.5) is 0 Å². The molecule has 1 aliphatic rings. The van der Waals surface area contributed by atoms with Crippen LogP contribution in [0.25, 0.3) is 0 Å². The molecule has 0 spiro atoms. The number of rotatable bonds is 8. The van der Waals surface area contributed by atoms with Crippen molar-refractivity contribution in [2.75, 3.05) is 0 Å². The van der Waals surface area contributed by atoms with Crippen LogP contribution in [0.5, 0.6) is 0 Å². The maximum atomic E-state index is 12.5. The molecular formula is C15H30N2O. The van der Waals surface area contributed by atoms with E-state index in [1.165, 1.54) is 0 Å². The van der Waals surface area contributed by atoms with Gasteiger partial charge in [0, 0.05) is 6.04 Å². The third-order valence-corrected chi connectivity index (χ3v) is 4.03. The quantitative estimate of drug-likeness (QED) is 0.721. The number of hydrogen-bond acceptors (Lipinski definition) is 2. The second kappa shape index (κ2) is 7.78. The summed E-state index contributed by atoms with van der Waals surface area (Å²) in [6.45, 7) is 8.74. The summed E-state index contributed by atoms with van der Waals surface area (Å²) < 4.78 is 0. The zero-order valence-electron chi connectivity index (χ0n) is 12.5. The van der Waals surface area contributed by atoms with Gasteiger partial charge in [0.05, 0.1) is 12.2 Å². The predicted octanol–water partition coefficient (Wildman–Crippen LogP) is 3.29. The molecule has 3 heteroatoms. The van der Waals surface area contributed by atoms with Crippen LogP contribution in [0.1, 0.15) is 72.6 Å². The van der Waals surface area contributed by atoms with Gasteiger partial charge in [-0.25, -0.2) is 0 Å². The van der Waals surface area contributed by atoms with Crippen molar-refractivity contribution < 1.29 is 4.79 Å². The molecule has 2 unspecified atom stereocenters. The van der Waals surface area contributed by atoms with E-state index < -0.39 is 0 Å². The Bertz CT molecular complexity index is 251. The Morgan fingerprint density at radius 2 is 1.78 bits per heavy atom. The molecule has 0 aliphatic carbocycles. The molecule has 106 valence electrons. The average molecular weight is 254 g/mol. The molecule has 1 saturated heterocycles. The summed E-state index contributed by atoms with van der Waals surface area (Å²) in [5, 5.41) is 3.55. The van der Waals surface area contributed by atoms with Crippen LogP contribution < -0.4 is 5.32 Å². The number of hydrogen-bond donors (Lipinski definition) is 1. The van der Waals surface area contributed by atoms with E-state index in [0.29, 0.717) is 11.9 Å². The molecule has 0 aromatic carbocycles. The molecule has 0 aromatic rings. The van der Waals surface area contributed by atoms with Crippen molar-refractivity contribution in [2.45, 2.75) is 90.9 Å². The Morgan fingerprint density at radius 3 is 2.28 bits per heavy atom. The average Bonchev–Trinajstić information content (AvgIpc) is 2.67.